The molecule has 6 heteroatoms. The summed E-state index contributed by atoms with van der Waals surface area (Å²) in [6, 6.07) is -0.902. The maximum atomic E-state index is 11.3. The van der Waals surface area contributed by atoms with E-state index >= 15 is 0 Å². The lowest BCUT2D eigenvalue weighted by Crippen LogP contribution is -2.49. The van der Waals surface area contributed by atoms with Crippen molar-refractivity contribution in [2.45, 2.75) is 18.9 Å². The summed E-state index contributed by atoms with van der Waals surface area (Å²) in [6.07, 6.45) is 0.416. The van der Waals surface area contributed by atoms with Gasteiger partial charge in [-0.3, -0.25) is 14.5 Å². The Labute approximate surface area is 80.0 Å². The number of alkyl halides is 1. The first-order valence-electron chi connectivity index (χ1n) is 3.93. The van der Waals surface area contributed by atoms with Gasteiger partial charge in [0.05, 0.1) is 4.91 Å². The molecule has 0 aliphatic carbocycles. The van der Waals surface area contributed by atoms with Crippen LogP contribution in [-0.4, -0.2) is 35.2 Å². The number of hydrogen-bond donors (Lipinski definition) is 0. The Morgan fingerprint density at radius 2 is 2.23 bits per heavy atom. The highest BCUT2D eigenvalue weighted by atomic mass is 35.5. The zero-order valence-corrected chi connectivity index (χ0v) is 7.66. The maximum Gasteiger partial charge on any atom is 0.357 e. The van der Waals surface area contributed by atoms with Crippen molar-refractivity contribution in [1.29, 1.82) is 0 Å². The normalized spacial score (nSPS) is 23.5. The molecule has 0 aromatic heterocycles. The van der Waals surface area contributed by atoms with Gasteiger partial charge in [0.2, 0.25) is 5.91 Å². The minimum Gasteiger partial charge on any atom is -0.275 e. The van der Waals surface area contributed by atoms with Gasteiger partial charge in [0.15, 0.2) is 0 Å². The van der Waals surface area contributed by atoms with Crippen molar-refractivity contribution >= 4 is 23.4 Å². The highest BCUT2D eigenvalue weighted by molar-refractivity contribution is 6.18. The molecule has 1 heterocycles. The molecule has 13 heavy (non-hydrogen) atoms. The quantitative estimate of drug-likeness (QED) is 0.474. The number of rotatable bonds is 3. The van der Waals surface area contributed by atoms with Gasteiger partial charge in [0.25, 0.3) is 0 Å². The average molecular weight is 205 g/mol. The maximum absolute atomic E-state index is 11.3. The van der Waals surface area contributed by atoms with Gasteiger partial charge in [-0.2, -0.15) is 0 Å². The first-order valence-corrected chi connectivity index (χ1v) is 4.46. The minimum absolute atomic E-state index is 0.158. The van der Waals surface area contributed by atoms with E-state index in [1.54, 1.807) is 0 Å². The number of amides is 2. The Hall–Kier alpha value is -0.970. The van der Waals surface area contributed by atoms with Crippen LogP contribution < -0.4 is 5.18 Å². The van der Waals surface area contributed by atoms with Crippen molar-refractivity contribution in [1.82, 2.24) is 10.1 Å². The van der Waals surface area contributed by atoms with E-state index in [9.17, 15) is 14.5 Å². The van der Waals surface area contributed by atoms with Gasteiger partial charge >= 0.3 is 17.1 Å². The van der Waals surface area contributed by atoms with Gasteiger partial charge in [0, 0.05) is 25.3 Å². The molecule has 0 N–H and O–H groups in total. The molecule has 2 amide bonds. The summed E-state index contributed by atoms with van der Waals surface area (Å²) in [5.41, 5.74) is 0. The van der Waals surface area contributed by atoms with E-state index < -0.39 is 11.9 Å². The van der Waals surface area contributed by atoms with Crippen LogP contribution in [0.15, 0.2) is 0 Å². The third-order valence-electron chi connectivity index (χ3n) is 1.92. The molecule has 1 aliphatic heterocycles. The SMILES string of the molecule is O=[N+]C1CCC(=O)N(CCCl)C1=O. The number of carbonyl (C=O) groups is 2. The molecule has 5 nitrogen and oxygen atoms in total. The highest BCUT2D eigenvalue weighted by Gasteiger charge is 2.42. The van der Waals surface area contributed by atoms with E-state index in [4.69, 9.17) is 11.6 Å². The largest absolute Gasteiger partial charge is 0.357 e. The van der Waals surface area contributed by atoms with Crippen LogP contribution in [0.4, 0.5) is 0 Å². The molecular weight excluding hydrogens is 196 g/mol. The first kappa shape index (κ1) is 10.1. The second-order valence-electron chi connectivity index (χ2n) is 2.73. The van der Waals surface area contributed by atoms with Crippen LogP contribution in [0, 0.1) is 4.91 Å². The predicted octanol–water partition coefficient (Wildman–Crippen LogP) is -0.155. The van der Waals surface area contributed by atoms with Crippen molar-refractivity contribution in [2.24, 2.45) is 0 Å². The van der Waals surface area contributed by atoms with Crippen LogP contribution in [0.2, 0.25) is 0 Å². The van der Waals surface area contributed by atoms with Crippen molar-refractivity contribution in [2.75, 3.05) is 12.4 Å². The van der Waals surface area contributed by atoms with Crippen LogP contribution in [-0.2, 0) is 9.59 Å². The number of halogens is 1. The molecule has 0 aromatic rings. The molecule has 1 rings (SSSR count). The molecule has 0 aromatic carbocycles. The summed E-state index contributed by atoms with van der Waals surface area (Å²) >= 11 is 5.40. The Kier molecular flexibility index (Phi) is 3.36. The van der Waals surface area contributed by atoms with Crippen LogP contribution in [0.5, 0.6) is 0 Å². The predicted molar refractivity (Wildman–Crippen MR) is 46.0 cm³/mol. The summed E-state index contributed by atoms with van der Waals surface area (Å²) in [4.78, 5) is 33.7. The van der Waals surface area contributed by atoms with Crippen LogP contribution in [0.3, 0.4) is 0 Å². The number of nitroso groups, excluding NO2 is 1. The molecular formula is C7H9ClN2O3+. The molecule has 1 saturated heterocycles. The van der Waals surface area contributed by atoms with E-state index in [0.29, 0.717) is 0 Å². The van der Waals surface area contributed by atoms with Gasteiger partial charge in [-0.1, -0.05) is 0 Å². The van der Waals surface area contributed by atoms with E-state index in [-0.39, 0.29) is 31.2 Å². The van der Waals surface area contributed by atoms with Crippen LogP contribution in [0.1, 0.15) is 12.8 Å². The smallest absolute Gasteiger partial charge is 0.275 e. The number of likely N-dealkylation sites (tertiary alicyclic amines) is 1. The summed E-state index contributed by atoms with van der Waals surface area (Å²) in [5, 5.41) is 2.66. The average Bonchev–Trinajstić information content (AvgIpc) is 2.12. The van der Waals surface area contributed by atoms with E-state index in [2.05, 4.69) is 5.18 Å². The lowest BCUT2D eigenvalue weighted by atomic mass is 10.1. The van der Waals surface area contributed by atoms with Crippen molar-refractivity contribution in [3.63, 3.8) is 0 Å². The molecule has 0 spiro atoms. The Bertz CT molecular complexity index is 244. The van der Waals surface area contributed by atoms with Gasteiger partial charge in [-0.25, -0.2) is 0 Å². The van der Waals surface area contributed by atoms with E-state index in [0.717, 1.165) is 4.90 Å². The Balaban J connectivity index is 2.71. The van der Waals surface area contributed by atoms with Crippen molar-refractivity contribution in [3.05, 3.63) is 4.91 Å². The fraction of sp³-hybridized carbons (Fsp3) is 0.714. The fourth-order valence-corrected chi connectivity index (χ4v) is 1.41. The Morgan fingerprint density at radius 3 is 2.77 bits per heavy atom. The third-order valence-corrected chi connectivity index (χ3v) is 2.09. The summed E-state index contributed by atoms with van der Waals surface area (Å²) in [7, 11) is 0. The zero-order valence-electron chi connectivity index (χ0n) is 6.90. The fourth-order valence-electron chi connectivity index (χ4n) is 1.24. The molecule has 1 atom stereocenters. The lowest BCUT2D eigenvalue weighted by Gasteiger charge is -2.22. The van der Waals surface area contributed by atoms with E-state index in [1.807, 2.05) is 0 Å². The van der Waals surface area contributed by atoms with Crippen molar-refractivity contribution in [3.8, 4) is 0 Å². The molecule has 1 unspecified atom stereocenters. The van der Waals surface area contributed by atoms with Crippen LogP contribution >= 0.6 is 11.6 Å². The monoisotopic (exact) mass is 204 g/mol. The standard InChI is InChI=1S/C7H9ClN2O3/c8-3-4-10-6(11)2-1-5(9-13)7(10)12/h5H,1-4H2/q+1. The first-order chi connectivity index (χ1) is 6.20. The molecule has 0 bridgehead atoms. The third kappa shape index (κ3) is 2.03. The molecule has 1 radical (unpaired) electrons. The summed E-state index contributed by atoms with van der Waals surface area (Å²) in [6.45, 7) is 0.158. The molecule has 0 saturated carbocycles. The number of piperidine rings is 1. The molecule has 1 fully saturated rings. The van der Waals surface area contributed by atoms with Crippen molar-refractivity contribution < 1.29 is 9.59 Å². The zero-order chi connectivity index (χ0) is 9.84. The number of carbonyl (C=O) groups excluding carboxylic acids is 2. The second-order valence-corrected chi connectivity index (χ2v) is 3.11. The molecule has 1 aliphatic rings. The van der Waals surface area contributed by atoms with Gasteiger partial charge < -0.3 is 0 Å². The summed E-state index contributed by atoms with van der Waals surface area (Å²) in [5.74, 6) is -0.610. The minimum atomic E-state index is -0.902. The summed E-state index contributed by atoms with van der Waals surface area (Å²) < 4.78 is 0. The number of hydrogen-bond acceptors (Lipinski definition) is 4. The van der Waals surface area contributed by atoms with Gasteiger partial charge in [-0.05, 0) is 0 Å². The number of nitrogens with zero attached hydrogens (tertiary/aromatic N) is 2. The second kappa shape index (κ2) is 4.32. The lowest BCUT2D eigenvalue weighted by molar-refractivity contribution is -0.149. The van der Waals surface area contributed by atoms with Crippen LogP contribution in [0.25, 0.3) is 0 Å². The van der Waals surface area contributed by atoms with E-state index in [1.165, 1.54) is 0 Å². The van der Waals surface area contributed by atoms with Gasteiger partial charge in [0.1, 0.15) is 0 Å². The molecule has 71 valence electrons. The highest BCUT2D eigenvalue weighted by Crippen LogP contribution is 2.12. The topological polar surface area (TPSA) is 68.6 Å². The number of imide groups is 1. The Morgan fingerprint density at radius 1 is 1.54 bits per heavy atom. The van der Waals surface area contributed by atoms with Gasteiger partial charge in [-0.15, -0.1) is 11.6 Å².